The van der Waals surface area contributed by atoms with E-state index in [0.29, 0.717) is 6.04 Å². The Kier molecular flexibility index (Phi) is 2.33. The van der Waals surface area contributed by atoms with Crippen LogP contribution in [0.5, 0.6) is 0 Å². The van der Waals surface area contributed by atoms with Gasteiger partial charge < -0.3 is 14.8 Å². The highest BCUT2D eigenvalue weighted by Gasteiger charge is 2.25. The predicted molar refractivity (Wildman–Crippen MR) is 45.9 cm³/mol. The molecule has 2 unspecified atom stereocenters. The normalized spacial score (nSPS) is 34.9. The van der Waals surface area contributed by atoms with Gasteiger partial charge in [0.05, 0.1) is 12.1 Å². The molecule has 2 aliphatic rings. The van der Waals surface area contributed by atoms with Gasteiger partial charge >= 0.3 is 0 Å². The third-order valence-corrected chi connectivity index (χ3v) is 2.50. The van der Waals surface area contributed by atoms with Gasteiger partial charge in [0.2, 0.25) is 0 Å². The van der Waals surface area contributed by atoms with Crippen LogP contribution < -0.4 is 5.32 Å². The number of fused-ring (bicyclic) bond motifs is 1. The van der Waals surface area contributed by atoms with Crippen LogP contribution in [0.1, 0.15) is 12.8 Å². The van der Waals surface area contributed by atoms with Crippen molar-refractivity contribution in [2.24, 2.45) is 0 Å². The van der Waals surface area contributed by atoms with Crippen LogP contribution in [0, 0.1) is 0 Å². The summed E-state index contributed by atoms with van der Waals surface area (Å²) in [7, 11) is 1.75. The van der Waals surface area contributed by atoms with Crippen LogP contribution in [-0.4, -0.2) is 32.4 Å². The lowest BCUT2D eigenvalue weighted by Gasteiger charge is -2.32. The maximum atomic E-state index is 5.53. The summed E-state index contributed by atoms with van der Waals surface area (Å²) in [5.41, 5.74) is 0. The molecule has 1 saturated heterocycles. The third-order valence-electron chi connectivity index (χ3n) is 2.50. The first-order valence-corrected chi connectivity index (χ1v) is 4.51. The van der Waals surface area contributed by atoms with E-state index in [-0.39, 0.29) is 6.10 Å². The Morgan fingerprint density at radius 3 is 3.33 bits per heavy atom. The van der Waals surface area contributed by atoms with E-state index in [1.165, 1.54) is 0 Å². The molecular weight excluding hydrogens is 154 g/mol. The Morgan fingerprint density at radius 2 is 2.50 bits per heavy atom. The molecule has 1 aliphatic carbocycles. The van der Waals surface area contributed by atoms with E-state index in [9.17, 15) is 0 Å². The Hall–Kier alpha value is -0.540. The van der Waals surface area contributed by atoms with Crippen molar-refractivity contribution in [3.05, 3.63) is 11.8 Å². The first-order chi connectivity index (χ1) is 5.90. The molecule has 1 heterocycles. The van der Waals surface area contributed by atoms with Gasteiger partial charge in [-0.05, 0) is 18.9 Å². The fourth-order valence-electron chi connectivity index (χ4n) is 1.80. The lowest BCUT2D eigenvalue weighted by atomic mass is 9.97. The number of methoxy groups -OCH3 is 1. The van der Waals surface area contributed by atoms with Crippen LogP contribution in [0.15, 0.2) is 11.8 Å². The first-order valence-electron chi connectivity index (χ1n) is 4.51. The average Bonchev–Trinajstić information content (AvgIpc) is 2.17. The van der Waals surface area contributed by atoms with Gasteiger partial charge in [-0.15, -0.1) is 0 Å². The molecule has 0 amide bonds. The molecule has 1 fully saturated rings. The molecule has 3 nitrogen and oxygen atoms in total. The quantitative estimate of drug-likeness (QED) is 0.625. The van der Waals surface area contributed by atoms with Crippen molar-refractivity contribution in [3.63, 3.8) is 0 Å². The van der Waals surface area contributed by atoms with E-state index in [4.69, 9.17) is 9.47 Å². The molecule has 68 valence electrons. The van der Waals surface area contributed by atoms with Crippen molar-refractivity contribution < 1.29 is 9.47 Å². The molecule has 0 aromatic carbocycles. The molecule has 0 aromatic rings. The molecule has 0 spiro atoms. The zero-order valence-electron chi connectivity index (χ0n) is 7.38. The van der Waals surface area contributed by atoms with Gasteiger partial charge in [-0.25, -0.2) is 0 Å². The Bertz CT molecular complexity index is 191. The van der Waals surface area contributed by atoms with Gasteiger partial charge in [0.15, 0.2) is 0 Å². The molecule has 3 heteroatoms. The number of rotatable bonds is 1. The Labute approximate surface area is 72.7 Å². The van der Waals surface area contributed by atoms with Gasteiger partial charge in [0, 0.05) is 13.7 Å². The van der Waals surface area contributed by atoms with Crippen molar-refractivity contribution >= 4 is 0 Å². The van der Waals surface area contributed by atoms with Gasteiger partial charge in [-0.2, -0.15) is 0 Å². The standard InChI is InChI=1S/C9H15NO2/c1-11-7-2-3-8-9(6-7)12-5-4-10-8/h6-8,10H,2-5H2,1H3. The van der Waals surface area contributed by atoms with E-state index in [2.05, 4.69) is 11.4 Å². The highest BCUT2D eigenvalue weighted by molar-refractivity contribution is 5.12. The molecule has 2 atom stereocenters. The Morgan fingerprint density at radius 1 is 1.58 bits per heavy atom. The fraction of sp³-hybridized carbons (Fsp3) is 0.778. The number of morpholine rings is 1. The molecule has 0 bridgehead atoms. The largest absolute Gasteiger partial charge is 0.495 e. The van der Waals surface area contributed by atoms with Crippen LogP contribution in [0.3, 0.4) is 0 Å². The summed E-state index contributed by atoms with van der Waals surface area (Å²) in [5.74, 6) is 1.08. The fourth-order valence-corrected chi connectivity index (χ4v) is 1.80. The number of ether oxygens (including phenoxy) is 2. The van der Waals surface area contributed by atoms with Crippen LogP contribution in [-0.2, 0) is 9.47 Å². The average molecular weight is 169 g/mol. The summed E-state index contributed by atoms with van der Waals surface area (Å²) in [6.45, 7) is 1.76. The molecule has 1 N–H and O–H groups in total. The molecule has 2 rings (SSSR count). The smallest absolute Gasteiger partial charge is 0.112 e. The van der Waals surface area contributed by atoms with Crippen LogP contribution >= 0.6 is 0 Å². The van der Waals surface area contributed by atoms with Crippen LogP contribution in [0.25, 0.3) is 0 Å². The molecule has 0 aromatic heterocycles. The van der Waals surface area contributed by atoms with Gasteiger partial charge in [0.25, 0.3) is 0 Å². The van der Waals surface area contributed by atoms with Gasteiger partial charge in [-0.3, -0.25) is 0 Å². The van der Waals surface area contributed by atoms with E-state index >= 15 is 0 Å². The van der Waals surface area contributed by atoms with Crippen molar-refractivity contribution in [2.45, 2.75) is 25.0 Å². The summed E-state index contributed by atoms with van der Waals surface area (Å²) in [6.07, 6.45) is 4.59. The van der Waals surface area contributed by atoms with E-state index in [1.807, 2.05) is 0 Å². The lowest BCUT2D eigenvalue weighted by molar-refractivity contribution is 0.0836. The summed E-state index contributed by atoms with van der Waals surface area (Å²) >= 11 is 0. The minimum atomic E-state index is 0.260. The monoisotopic (exact) mass is 169 g/mol. The highest BCUT2D eigenvalue weighted by atomic mass is 16.5. The maximum absolute atomic E-state index is 5.53. The minimum Gasteiger partial charge on any atom is -0.495 e. The van der Waals surface area contributed by atoms with Gasteiger partial charge in [0.1, 0.15) is 12.4 Å². The second-order valence-electron chi connectivity index (χ2n) is 3.28. The van der Waals surface area contributed by atoms with Gasteiger partial charge in [-0.1, -0.05) is 0 Å². The SMILES string of the molecule is COC1C=C2OCCNC2CC1. The Balaban J connectivity index is 2.06. The van der Waals surface area contributed by atoms with Crippen molar-refractivity contribution in [1.29, 1.82) is 0 Å². The zero-order valence-corrected chi connectivity index (χ0v) is 7.38. The van der Waals surface area contributed by atoms with Crippen molar-refractivity contribution in [3.8, 4) is 0 Å². The number of nitrogens with one attached hydrogen (secondary N) is 1. The summed E-state index contributed by atoms with van der Waals surface area (Å²) in [6, 6.07) is 0.449. The molecular formula is C9H15NO2. The predicted octanol–water partition coefficient (Wildman–Crippen LogP) is 0.667. The summed E-state index contributed by atoms with van der Waals surface area (Å²) in [5, 5.41) is 3.42. The maximum Gasteiger partial charge on any atom is 0.112 e. The van der Waals surface area contributed by atoms with E-state index in [1.54, 1.807) is 7.11 Å². The van der Waals surface area contributed by atoms with Crippen molar-refractivity contribution in [2.75, 3.05) is 20.3 Å². The third kappa shape index (κ3) is 1.47. The molecule has 1 aliphatic heterocycles. The topological polar surface area (TPSA) is 30.5 Å². The number of hydrogen-bond donors (Lipinski definition) is 1. The summed E-state index contributed by atoms with van der Waals surface area (Å²) in [4.78, 5) is 0. The second-order valence-corrected chi connectivity index (χ2v) is 3.28. The zero-order chi connectivity index (χ0) is 8.39. The summed E-state index contributed by atoms with van der Waals surface area (Å²) < 4.78 is 10.8. The van der Waals surface area contributed by atoms with Crippen LogP contribution in [0.2, 0.25) is 0 Å². The van der Waals surface area contributed by atoms with E-state index in [0.717, 1.165) is 31.8 Å². The van der Waals surface area contributed by atoms with Crippen molar-refractivity contribution in [1.82, 2.24) is 5.32 Å². The number of hydrogen-bond acceptors (Lipinski definition) is 3. The molecule has 0 radical (unpaired) electrons. The first kappa shape index (κ1) is 8.08. The molecule has 12 heavy (non-hydrogen) atoms. The minimum absolute atomic E-state index is 0.260. The molecule has 0 saturated carbocycles. The highest BCUT2D eigenvalue weighted by Crippen LogP contribution is 2.23. The van der Waals surface area contributed by atoms with E-state index < -0.39 is 0 Å². The lowest BCUT2D eigenvalue weighted by Crippen LogP contribution is -2.42. The second kappa shape index (κ2) is 3.46. The van der Waals surface area contributed by atoms with Crippen LogP contribution in [0.4, 0.5) is 0 Å².